The lowest BCUT2D eigenvalue weighted by Crippen LogP contribution is -2.50. The van der Waals surface area contributed by atoms with Gasteiger partial charge in [-0.2, -0.15) is 0 Å². The molecule has 3 rings (SSSR count). The number of carbonyl (C=O) groups is 2. The lowest BCUT2D eigenvalue weighted by atomic mass is 10.1. The van der Waals surface area contributed by atoms with Gasteiger partial charge in [-0.1, -0.05) is 41.9 Å². The second-order valence-corrected chi connectivity index (χ2v) is 9.82. The van der Waals surface area contributed by atoms with Crippen LogP contribution < -0.4 is 0 Å². The first-order valence-electron chi connectivity index (χ1n) is 9.86. The quantitative estimate of drug-likeness (QED) is 0.680. The van der Waals surface area contributed by atoms with E-state index >= 15 is 0 Å². The Bertz CT molecular complexity index is 1020. The number of sulfone groups is 1. The molecule has 1 fully saturated rings. The predicted molar refractivity (Wildman–Crippen MR) is 116 cm³/mol. The van der Waals surface area contributed by atoms with Crippen molar-refractivity contribution in [1.29, 1.82) is 0 Å². The standard InChI is InChI=1S/C22H25ClN2O4S/c1-30(28,29)20-16-18(10-11-19(20)23)22(27)25-14-12-24(13-15-25)21(26)9-5-8-17-6-3-2-4-7-17/h2-4,6-7,10-11,16H,5,8-9,12-15H2,1H3. The fraction of sp³-hybridized carbons (Fsp3) is 0.364. The molecule has 1 aliphatic rings. The average molecular weight is 449 g/mol. The maximum atomic E-state index is 12.8. The topological polar surface area (TPSA) is 74.8 Å². The first-order valence-corrected chi connectivity index (χ1v) is 12.1. The lowest BCUT2D eigenvalue weighted by molar-refractivity contribution is -0.132. The highest BCUT2D eigenvalue weighted by atomic mass is 35.5. The van der Waals surface area contributed by atoms with Gasteiger partial charge in [-0.25, -0.2) is 8.42 Å². The molecule has 1 aliphatic heterocycles. The van der Waals surface area contributed by atoms with Gasteiger partial charge in [-0.3, -0.25) is 9.59 Å². The van der Waals surface area contributed by atoms with Gasteiger partial charge in [-0.05, 0) is 36.6 Å². The molecule has 160 valence electrons. The Balaban J connectivity index is 1.52. The molecule has 0 unspecified atom stereocenters. The van der Waals surface area contributed by atoms with Gasteiger partial charge in [0.1, 0.15) is 0 Å². The molecule has 0 radical (unpaired) electrons. The van der Waals surface area contributed by atoms with Crippen LogP contribution in [0.15, 0.2) is 53.4 Å². The van der Waals surface area contributed by atoms with E-state index < -0.39 is 9.84 Å². The van der Waals surface area contributed by atoms with Gasteiger partial charge < -0.3 is 9.80 Å². The van der Waals surface area contributed by atoms with Crippen molar-refractivity contribution < 1.29 is 18.0 Å². The lowest BCUT2D eigenvalue weighted by Gasteiger charge is -2.35. The van der Waals surface area contributed by atoms with Gasteiger partial charge in [0.25, 0.3) is 5.91 Å². The number of halogens is 1. The average Bonchev–Trinajstić information content (AvgIpc) is 2.73. The number of hydrogen-bond acceptors (Lipinski definition) is 4. The number of benzene rings is 2. The van der Waals surface area contributed by atoms with E-state index in [1.54, 1.807) is 9.80 Å². The third-order valence-corrected chi connectivity index (χ3v) is 6.77. The van der Waals surface area contributed by atoms with Crippen LogP contribution in [0.2, 0.25) is 5.02 Å². The molecule has 6 nitrogen and oxygen atoms in total. The molecule has 0 saturated carbocycles. The largest absolute Gasteiger partial charge is 0.339 e. The molecule has 0 atom stereocenters. The Hall–Kier alpha value is -2.38. The van der Waals surface area contributed by atoms with Crippen molar-refractivity contribution in [3.63, 3.8) is 0 Å². The highest BCUT2D eigenvalue weighted by Gasteiger charge is 2.25. The smallest absolute Gasteiger partial charge is 0.254 e. The summed E-state index contributed by atoms with van der Waals surface area (Å²) >= 11 is 5.96. The zero-order chi connectivity index (χ0) is 21.7. The number of rotatable bonds is 6. The first kappa shape index (κ1) is 22.3. The van der Waals surface area contributed by atoms with Crippen LogP contribution in [0.25, 0.3) is 0 Å². The fourth-order valence-corrected chi connectivity index (χ4v) is 4.81. The van der Waals surface area contributed by atoms with Gasteiger partial charge in [0, 0.05) is 44.4 Å². The van der Waals surface area contributed by atoms with Crippen LogP contribution in [0, 0.1) is 0 Å². The van der Waals surface area contributed by atoms with Crippen LogP contribution >= 0.6 is 11.6 Å². The molecule has 30 heavy (non-hydrogen) atoms. The number of piperazine rings is 1. The molecule has 0 N–H and O–H groups in total. The summed E-state index contributed by atoms with van der Waals surface area (Å²) in [6.07, 6.45) is 3.20. The second kappa shape index (κ2) is 9.62. The third kappa shape index (κ3) is 5.61. The maximum Gasteiger partial charge on any atom is 0.254 e. The van der Waals surface area contributed by atoms with E-state index in [-0.39, 0.29) is 27.3 Å². The zero-order valence-electron chi connectivity index (χ0n) is 16.9. The summed E-state index contributed by atoms with van der Waals surface area (Å²) in [6.45, 7) is 1.78. The molecule has 2 amide bonds. The summed E-state index contributed by atoms with van der Waals surface area (Å²) in [5, 5.41) is 0.0972. The van der Waals surface area contributed by atoms with E-state index in [4.69, 9.17) is 11.6 Å². The Morgan fingerprint density at radius 1 is 0.967 bits per heavy atom. The SMILES string of the molecule is CS(=O)(=O)c1cc(C(=O)N2CCN(C(=O)CCCc3ccccc3)CC2)ccc1Cl. The molecule has 2 aromatic rings. The molecule has 0 spiro atoms. The molecule has 2 aromatic carbocycles. The zero-order valence-corrected chi connectivity index (χ0v) is 18.5. The predicted octanol–water partition coefficient (Wildman–Crippen LogP) is 3.05. The Kier molecular flexibility index (Phi) is 7.15. The molecule has 8 heteroatoms. The second-order valence-electron chi connectivity index (χ2n) is 7.43. The molecule has 0 aromatic heterocycles. The van der Waals surface area contributed by atoms with Gasteiger partial charge in [-0.15, -0.1) is 0 Å². The number of amides is 2. The summed E-state index contributed by atoms with van der Waals surface area (Å²) < 4.78 is 23.7. The summed E-state index contributed by atoms with van der Waals surface area (Å²) in [5.41, 5.74) is 1.50. The number of nitrogens with zero attached hydrogens (tertiary/aromatic N) is 2. The first-order chi connectivity index (χ1) is 14.3. The molecular weight excluding hydrogens is 424 g/mol. The molecule has 1 saturated heterocycles. The number of aryl methyl sites for hydroxylation is 1. The van der Waals surface area contributed by atoms with E-state index in [1.165, 1.54) is 23.8 Å². The van der Waals surface area contributed by atoms with Crippen molar-refractivity contribution in [3.05, 3.63) is 64.7 Å². The van der Waals surface area contributed by atoms with Crippen molar-refractivity contribution in [2.75, 3.05) is 32.4 Å². The van der Waals surface area contributed by atoms with Gasteiger partial charge >= 0.3 is 0 Å². The number of carbonyl (C=O) groups excluding carboxylic acids is 2. The van der Waals surface area contributed by atoms with Gasteiger partial charge in [0.2, 0.25) is 5.91 Å². The van der Waals surface area contributed by atoms with Crippen molar-refractivity contribution in [1.82, 2.24) is 9.80 Å². The van der Waals surface area contributed by atoms with Gasteiger partial charge in [0.05, 0.1) is 9.92 Å². The number of hydrogen-bond donors (Lipinski definition) is 0. The minimum absolute atomic E-state index is 0.0535. The normalized spacial score (nSPS) is 14.6. The Morgan fingerprint density at radius 2 is 1.60 bits per heavy atom. The summed E-state index contributed by atoms with van der Waals surface area (Å²) in [4.78, 5) is 28.6. The highest BCUT2D eigenvalue weighted by Crippen LogP contribution is 2.23. The van der Waals surface area contributed by atoms with Crippen LogP contribution in [0.1, 0.15) is 28.8 Å². The summed E-state index contributed by atoms with van der Waals surface area (Å²) in [7, 11) is -3.52. The molecule has 1 heterocycles. The van der Waals surface area contributed by atoms with Gasteiger partial charge in [0.15, 0.2) is 9.84 Å². The van der Waals surface area contributed by atoms with Crippen molar-refractivity contribution in [2.45, 2.75) is 24.2 Å². The summed E-state index contributed by atoms with van der Waals surface area (Å²) in [5.74, 6) is -0.156. The van der Waals surface area contributed by atoms with Crippen LogP contribution in [-0.2, 0) is 21.1 Å². The molecule has 0 aliphatic carbocycles. The van der Waals surface area contributed by atoms with Crippen molar-refractivity contribution in [2.24, 2.45) is 0 Å². The van der Waals surface area contributed by atoms with E-state index in [2.05, 4.69) is 12.1 Å². The fourth-order valence-electron chi connectivity index (χ4n) is 3.51. The maximum absolute atomic E-state index is 12.8. The Labute approximate surface area is 182 Å². The highest BCUT2D eigenvalue weighted by molar-refractivity contribution is 7.90. The minimum Gasteiger partial charge on any atom is -0.339 e. The molecule has 0 bridgehead atoms. The van der Waals surface area contributed by atoms with Crippen molar-refractivity contribution >= 4 is 33.3 Å². The van der Waals surface area contributed by atoms with Crippen LogP contribution in [0.3, 0.4) is 0 Å². The molecular formula is C22H25ClN2O4S. The monoisotopic (exact) mass is 448 g/mol. The van der Waals surface area contributed by atoms with Crippen LogP contribution in [0.5, 0.6) is 0 Å². The van der Waals surface area contributed by atoms with E-state index in [1.807, 2.05) is 18.2 Å². The van der Waals surface area contributed by atoms with E-state index in [0.29, 0.717) is 32.6 Å². The summed E-state index contributed by atoms with van der Waals surface area (Å²) in [6, 6.07) is 14.3. The van der Waals surface area contributed by atoms with E-state index in [0.717, 1.165) is 19.1 Å². The van der Waals surface area contributed by atoms with Crippen LogP contribution in [-0.4, -0.2) is 62.5 Å². The van der Waals surface area contributed by atoms with Crippen molar-refractivity contribution in [3.8, 4) is 0 Å². The Morgan fingerprint density at radius 3 is 2.23 bits per heavy atom. The van der Waals surface area contributed by atoms with E-state index in [9.17, 15) is 18.0 Å². The van der Waals surface area contributed by atoms with Crippen LogP contribution in [0.4, 0.5) is 0 Å². The third-order valence-electron chi connectivity index (χ3n) is 5.20. The minimum atomic E-state index is -3.52.